The minimum Gasteiger partial charge on any atom is -0.290 e. The molecule has 1 fully saturated rings. The Bertz CT molecular complexity index is 950. The Hall–Kier alpha value is -1.96. The number of benzene rings is 1. The maximum atomic E-state index is 11.9. The van der Waals surface area contributed by atoms with E-state index in [1.165, 1.54) is 4.88 Å². The number of para-hydroxylation sites is 1. The van der Waals surface area contributed by atoms with Gasteiger partial charge in [0.1, 0.15) is 0 Å². The Balaban J connectivity index is 1.54. The van der Waals surface area contributed by atoms with Crippen LogP contribution < -0.4 is 0 Å². The molecule has 0 bridgehead atoms. The molecule has 4 rings (SSSR count). The lowest BCUT2D eigenvalue weighted by molar-refractivity contribution is 0.196. The molecule has 3 aromatic rings. The zero-order valence-corrected chi connectivity index (χ0v) is 16.0. The lowest BCUT2D eigenvalue weighted by Crippen LogP contribution is -2.35. The molecule has 0 N–H and O–H groups in total. The molecule has 1 saturated heterocycles. The van der Waals surface area contributed by atoms with Crippen molar-refractivity contribution in [2.45, 2.75) is 25.6 Å². The molecule has 0 saturated carbocycles. The lowest BCUT2D eigenvalue weighted by Gasteiger charge is -2.27. The number of sulfone groups is 1. The third-order valence-electron chi connectivity index (χ3n) is 4.71. The first-order valence-electron chi connectivity index (χ1n) is 8.65. The summed E-state index contributed by atoms with van der Waals surface area (Å²) in [6, 6.07) is 14.2. The Labute approximate surface area is 157 Å². The molecule has 7 heteroatoms. The van der Waals surface area contributed by atoms with Gasteiger partial charge in [-0.3, -0.25) is 4.90 Å². The molecule has 0 aliphatic carbocycles. The second-order valence-electron chi connectivity index (χ2n) is 6.67. The number of hydrogen-bond donors (Lipinski definition) is 0. The van der Waals surface area contributed by atoms with Crippen LogP contribution in [0.4, 0.5) is 0 Å². The van der Waals surface area contributed by atoms with Crippen LogP contribution in [0.15, 0.2) is 60.2 Å². The molecule has 1 aromatic carbocycles. The van der Waals surface area contributed by atoms with Gasteiger partial charge in [-0.2, -0.15) is 5.10 Å². The summed E-state index contributed by atoms with van der Waals surface area (Å²) in [5, 5.41) is 6.53. The van der Waals surface area contributed by atoms with E-state index < -0.39 is 9.84 Å². The van der Waals surface area contributed by atoms with Crippen molar-refractivity contribution in [1.29, 1.82) is 0 Å². The fourth-order valence-electron chi connectivity index (χ4n) is 3.38. The highest BCUT2D eigenvalue weighted by molar-refractivity contribution is 7.91. The summed E-state index contributed by atoms with van der Waals surface area (Å²) in [6.45, 7) is 1.47. The number of thiophene rings is 1. The van der Waals surface area contributed by atoms with Crippen molar-refractivity contribution < 1.29 is 8.42 Å². The molecule has 0 unspecified atom stereocenters. The molecule has 0 spiro atoms. The number of aromatic nitrogens is 2. The van der Waals surface area contributed by atoms with Crippen molar-refractivity contribution in [2.24, 2.45) is 0 Å². The van der Waals surface area contributed by atoms with Gasteiger partial charge in [-0.05, 0) is 30.0 Å². The van der Waals surface area contributed by atoms with E-state index in [1.807, 2.05) is 53.5 Å². The first kappa shape index (κ1) is 17.5. The molecule has 1 aliphatic rings. The maximum absolute atomic E-state index is 11.9. The van der Waals surface area contributed by atoms with Crippen LogP contribution >= 0.6 is 11.3 Å². The third kappa shape index (κ3) is 4.06. The van der Waals surface area contributed by atoms with Crippen LogP contribution in [0.5, 0.6) is 0 Å². The number of hydrogen-bond acceptors (Lipinski definition) is 5. The van der Waals surface area contributed by atoms with E-state index in [9.17, 15) is 8.42 Å². The van der Waals surface area contributed by atoms with Crippen LogP contribution in [-0.4, -0.2) is 40.6 Å². The van der Waals surface area contributed by atoms with Crippen LogP contribution in [0.1, 0.15) is 16.9 Å². The third-order valence-corrected chi connectivity index (χ3v) is 7.32. The highest BCUT2D eigenvalue weighted by Crippen LogP contribution is 2.24. The van der Waals surface area contributed by atoms with Crippen molar-refractivity contribution in [3.63, 3.8) is 0 Å². The predicted octanol–water partition coefficient (Wildman–Crippen LogP) is 3.12. The zero-order valence-electron chi connectivity index (χ0n) is 14.4. The average molecular weight is 388 g/mol. The summed E-state index contributed by atoms with van der Waals surface area (Å²) in [5.41, 5.74) is 2.11. The van der Waals surface area contributed by atoms with Crippen LogP contribution in [0.2, 0.25) is 0 Å². The minimum absolute atomic E-state index is 0.0715. The smallest absolute Gasteiger partial charge is 0.151 e. The molecular weight excluding hydrogens is 366 g/mol. The van der Waals surface area contributed by atoms with Crippen molar-refractivity contribution in [1.82, 2.24) is 14.7 Å². The predicted molar refractivity (Wildman–Crippen MR) is 104 cm³/mol. The van der Waals surface area contributed by atoms with E-state index in [-0.39, 0.29) is 11.8 Å². The fourth-order valence-corrected chi connectivity index (χ4v) is 5.87. The molecule has 136 valence electrons. The van der Waals surface area contributed by atoms with Gasteiger partial charge in [-0.1, -0.05) is 24.3 Å². The highest BCUT2D eigenvalue weighted by atomic mass is 32.2. The molecule has 2 aromatic heterocycles. The van der Waals surface area contributed by atoms with Gasteiger partial charge in [0.25, 0.3) is 0 Å². The molecule has 1 atom stereocenters. The van der Waals surface area contributed by atoms with E-state index >= 15 is 0 Å². The molecular formula is C19H21N3O2S2. The minimum atomic E-state index is -2.91. The SMILES string of the molecule is O=S1(=O)CC[C@@H](N(Cc2cnn(-c3ccccc3)c2)Cc2cccs2)C1. The summed E-state index contributed by atoms with van der Waals surface area (Å²) in [6.07, 6.45) is 4.61. The van der Waals surface area contributed by atoms with Crippen molar-refractivity contribution >= 4 is 21.2 Å². The molecule has 3 heterocycles. The van der Waals surface area contributed by atoms with E-state index in [2.05, 4.69) is 21.4 Å². The van der Waals surface area contributed by atoms with Crippen LogP contribution in [0.3, 0.4) is 0 Å². The summed E-state index contributed by atoms with van der Waals surface area (Å²) in [7, 11) is -2.91. The van der Waals surface area contributed by atoms with Gasteiger partial charge in [-0.25, -0.2) is 13.1 Å². The van der Waals surface area contributed by atoms with Gasteiger partial charge < -0.3 is 0 Å². The quantitative estimate of drug-likeness (QED) is 0.652. The second-order valence-corrected chi connectivity index (χ2v) is 9.93. The highest BCUT2D eigenvalue weighted by Gasteiger charge is 2.32. The summed E-state index contributed by atoms with van der Waals surface area (Å²) >= 11 is 1.71. The Kier molecular flexibility index (Phi) is 4.93. The van der Waals surface area contributed by atoms with Crippen LogP contribution in [-0.2, 0) is 22.9 Å². The first-order valence-corrected chi connectivity index (χ1v) is 11.3. The summed E-state index contributed by atoms with van der Waals surface area (Å²) in [4.78, 5) is 3.53. The fraction of sp³-hybridized carbons (Fsp3) is 0.316. The first-order chi connectivity index (χ1) is 12.6. The molecule has 26 heavy (non-hydrogen) atoms. The van der Waals surface area contributed by atoms with E-state index in [4.69, 9.17) is 0 Å². The summed E-state index contributed by atoms with van der Waals surface area (Å²) in [5.74, 6) is 0.549. The van der Waals surface area contributed by atoms with Gasteiger partial charge in [0, 0.05) is 35.8 Å². The Morgan fingerprint density at radius 2 is 2.00 bits per heavy atom. The van der Waals surface area contributed by atoms with E-state index in [0.717, 1.165) is 17.8 Å². The molecule has 0 radical (unpaired) electrons. The van der Waals surface area contributed by atoms with E-state index in [1.54, 1.807) is 11.3 Å². The largest absolute Gasteiger partial charge is 0.290 e. The van der Waals surface area contributed by atoms with Gasteiger partial charge in [0.05, 0.1) is 23.4 Å². The van der Waals surface area contributed by atoms with E-state index in [0.29, 0.717) is 18.7 Å². The topological polar surface area (TPSA) is 55.2 Å². The number of rotatable bonds is 6. The van der Waals surface area contributed by atoms with Crippen molar-refractivity contribution in [3.05, 3.63) is 70.7 Å². The van der Waals surface area contributed by atoms with Gasteiger partial charge in [0.15, 0.2) is 9.84 Å². The molecule has 5 nitrogen and oxygen atoms in total. The average Bonchev–Trinajstić information content (AvgIpc) is 3.36. The van der Waals surface area contributed by atoms with Gasteiger partial charge >= 0.3 is 0 Å². The monoisotopic (exact) mass is 387 g/mol. The van der Waals surface area contributed by atoms with Crippen LogP contribution in [0.25, 0.3) is 5.69 Å². The van der Waals surface area contributed by atoms with Gasteiger partial charge in [0.2, 0.25) is 0 Å². The zero-order chi connectivity index (χ0) is 18.0. The lowest BCUT2D eigenvalue weighted by atomic mass is 10.2. The Morgan fingerprint density at radius 1 is 1.15 bits per heavy atom. The normalized spacial score (nSPS) is 19.2. The Morgan fingerprint density at radius 3 is 2.69 bits per heavy atom. The summed E-state index contributed by atoms with van der Waals surface area (Å²) < 4.78 is 25.8. The van der Waals surface area contributed by atoms with Crippen molar-refractivity contribution in [2.75, 3.05) is 11.5 Å². The maximum Gasteiger partial charge on any atom is 0.151 e. The molecule has 1 aliphatic heterocycles. The second kappa shape index (κ2) is 7.34. The van der Waals surface area contributed by atoms with Gasteiger partial charge in [-0.15, -0.1) is 11.3 Å². The molecule has 0 amide bonds. The van der Waals surface area contributed by atoms with Crippen LogP contribution in [0, 0.1) is 0 Å². The number of nitrogens with zero attached hydrogens (tertiary/aromatic N) is 3. The van der Waals surface area contributed by atoms with Crippen molar-refractivity contribution in [3.8, 4) is 5.69 Å². The standard InChI is InChI=1S/C19H21N3O2S2/c23-26(24)10-8-18(15-26)21(14-19-7-4-9-25-19)12-16-11-20-22(13-16)17-5-2-1-3-6-17/h1-7,9,11,13,18H,8,10,12,14-15H2/t18-/m1/s1.